The van der Waals surface area contributed by atoms with E-state index >= 15 is 0 Å². The molecule has 8 heteroatoms. The number of hydrogen-bond donors (Lipinski definition) is 2. The third-order valence-corrected chi connectivity index (χ3v) is 6.81. The number of carbonyl (C=O) groups excluding carboxylic acids is 1. The highest BCUT2D eigenvalue weighted by atomic mass is 35.5. The third-order valence-electron chi connectivity index (χ3n) is 5.05. The number of benzene rings is 3. The van der Waals surface area contributed by atoms with Crippen molar-refractivity contribution in [1.29, 1.82) is 0 Å². The lowest BCUT2D eigenvalue weighted by molar-refractivity contribution is -0.117. The largest absolute Gasteiger partial charge is 0.492 e. The van der Waals surface area contributed by atoms with E-state index < -0.39 is 22.0 Å². The maximum Gasteiger partial charge on any atom is 0.242 e. The molecule has 0 spiro atoms. The maximum absolute atomic E-state index is 13.2. The number of halogens is 1. The lowest BCUT2D eigenvalue weighted by Crippen LogP contribution is -2.45. The van der Waals surface area contributed by atoms with Crippen molar-refractivity contribution in [3.05, 3.63) is 88.4 Å². The predicted molar refractivity (Wildman–Crippen MR) is 131 cm³/mol. The number of sulfonamides is 1. The fourth-order valence-electron chi connectivity index (χ4n) is 3.39. The molecule has 0 saturated heterocycles. The van der Waals surface area contributed by atoms with Crippen molar-refractivity contribution in [2.75, 3.05) is 11.9 Å². The molecule has 174 valence electrons. The molecular formula is C25H27ClN2O4S. The maximum atomic E-state index is 13.2. The van der Waals surface area contributed by atoms with E-state index in [4.69, 9.17) is 16.3 Å². The Morgan fingerprint density at radius 3 is 2.39 bits per heavy atom. The zero-order valence-corrected chi connectivity index (χ0v) is 20.3. The minimum atomic E-state index is -4.04. The van der Waals surface area contributed by atoms with Gasteiger partial charge in [0.1, 0.15) is 11.8 Å². The quantitative estimate of drug-likeness (QED) is 0.451. The second-order valence-electron chi connectivity index (χ2n) is 7.70. The Kier molecular flexibility index (Phi) is 8.13. The number of amides is 1. The molecule has 33 heavy (non-hydrogen) atoms. The van der Waals surface area contributed by atoms with Gasteiger partial charge in [0.25, 0.3) is 0 Å². The molecule has 0 aromatic heterocycles. The number of nitrogens with one attached hydrogen (secondary N) is 2. The molecule has 0 heterocycles. The van der Waals surface area contributed by atoms with E-state index in [1.807, 2.05) is 69.3 Å². The van der Waals surface area contributed by atoms with Gasteiger partial charge in [0.05, 0.1) is 16.5 Å². The minimum Gasteiger partial charge on any atom is -0.492 e. The van der Waals surface area contributed by atoms with Crippen LogP contribution < -0.4 is 14.8 Å². The predicted octanol–water partition coefficient (Wildman–Crippen LogP) is 4.88. The monoisotopic (exact) mass is 486 g/mol. The summed E-state index contributed by atoms with van der Waals surface area (Å²) in [5, 5.41) is 3.04. The average molecular weight is 487 g/mol. The Morgan fingerprint density at radius 2 is 1.76 bits per heavy atom. The summed E-state index contributed by atoms with van der Waals surface area (Å²) in [6, 6.07) is 18.1. The number of anilines is 1. The van der Waals surface area contributed by atoms with E-state index in [0.717, 1.165) is 16.7 Å². The van der Waals surface area contributed by atoms with Crippen LogP contribution in [0.25, 0.3) is 0 Å². The first-order valence-corrected chi connectivity index (χ1v) is 12.4. The molecule has 1 atom stereocenters. The van der Waals surface area contributed by atoms with Crippen LogP contribution in [0.3, 0.4) is 0 Å². The molecule has 0 aliphatic carbocycles. The molecule has 0 saturated carbocycles. The Hall–Kier alpha value is -2.87. The molecule has 0 aliphatic heterocycles. The van der Waals surface area contributed by atoms with Crippen molar-refractivity contribution in [1.82, 2.24) is 4.72 Å². The Morgan fingerprint density at radius 1 is 1.03 bits per heavy atom. The molecule has 1 amide bonds. The number of carbonyl (C=O) groups is 1. The van der Waals surface area contributed by atoms with Crippen LogP contribution in [0.5, 0.6) is 5.75 Å². The van der Waals surface area contributed by atoms with Crippen LogP contribution >= 0.6 is 11.6 Å². The van der Waals surface area contributed by atoms with E-state index in [2.05, 4.69) is 10.0 Å². The van der Waals surface area contributed by atoms with Crippen molar-refractivity contribution in [3.8, 4) is 5.75 Å². The highest BCUT2D eigenvalue weighted by Gasteiger charge is 2.27. The summed E-state index contributed by atoms with van der Waals surface area (Å²) in [5.74, 6) is -0.0574. The lowest BCUT2D eigenvalue weighted by Gasteiger charge is -2.20. The lowest BCUT2D eigenvalue weighted by atomic mass is 10.1. The van der Waals surface area contributed by atoms with Gasteiger partial charge in [-0.1, -0.05) is 59.6 Å². The fraction of sp³-hybridized carbons (Fsp3) is 0.240. The highest BCUT2D eigenvalue weighted by molar-refractivity contribution is 7.89. The number of hydrogen-bond acceptors (Lipinski definition) is 4. The van der Waals surface area contributed by atoms with Gasteiger partial charge in [-0.25, -0.2) is 8.42 Å². The zero-order valence-electron chi connectivity index (χ0n) is 18.8. The molecule has 0 radical (unpaired) electrons. The van der Waals surface area contributed by atoms with Crippen LogP contribution in [0.4, 0.5) is 5.69 Å². The topological polar surface area (TPSA) is 84.5 Å². The molecular weight excluding hydrogens is 460 g/mol. The number of rotatable bonds is 9. The van der Waals surface area contributed by atoms with E-state index in [1.54, 1.807) is 0 Å². The van der Waals surface area contributed by atoms with Crippen LogP contribution in [0.2, 0.25) is 5.02 Å². The fourth-order valence-corrected chi connectivity index (χ4v) is 4.91. The zero-order chi connectivity index (χ0) is 24.0. The molecule has 3 rings (SSSR count). The van der Waals surface area contributed by atoms with Crippen molar-refractivity contribution in [3.63, 3.8) is 0 Å². The van der Waals surface area contributed by atoms with E-state index in [9.17, 15) is 13.2 Å². The number of aryl methyl sites for hydroxylation is 2. The summed E-state index contributed by atoms with van der Waals surface area (Å²) in [6.07, 6.45) is 0.182. The van der Waals surface area contributed by atoms with E-state index in [0.29, 0.717) is 18.0 Å². The first-order chi connectivity index (χ1) is 15.7. The van der Waals surface area contributed by atoms with Crippen molar-refractivity contribution in [2.45, 2.75) is 38.1 Å². The highest BCUT2D eigenvalue weighted by Crippen LogP contribution is 2.27. The summed E-state index contributed by atoms with van der Waals surface area (Å²) < 4.78 is 34.2. The molecule has 3 aromatic rings. The van der Waals surface area contributed by atoms with Crippen LogP contribution in [0, 0.1) is 13.8 Å². The van der Waals surface area contributed by atoms with Gasteiger partial charge in [0.15, 0.2) is 0 Å². The van der Waals surface area contributed by atoms with Gasteiger partial charge in [0, 0.05) is 5.69 Å². The van der Waals surface area contributed by atoms with E-state index in [-0.39, 0.29) is 16.3 Å². The molecule has 0 aliphatic rings. The van der Waals surface area contributed by atoms with Gasteiger partial charge in [0.2, 0.25) is 15.9 Å². The first-order valence-electron chi connectivity index (χ1n) is 10.6. The summed E-state index contributed by atoms with van der Waals surface area (Å²) in [6.45, 7) is 6.07. The smallest absolute Gasteiger partial charge is 0.242 e. The summed E-state index contributed by atoms with van der Waals surface area (Å²) in [5.41, 5.74) is 3.42. The molecule has 0 fully saturated rings. The molecule has 6 nitrogen and oxygen atoms in total. The standard InChI is InChI=1S/C25H27ClN2O4S/c1-4-32-24-13-11-20(16-21(24)26)33(30,31)28-23(15-19-8-6-5-7-9-19)25(29)27-22-12-10-17(2)14-18(22)3/h5-14,16,23,28H,4,15H2,1-3H3,(H,27,29). The molecule has 2 N–H and O–H groups in total. The number of ether oxygens (including phenoxy) is 1. The van der Waals surface area contributed by atoms with Crippen LogP contribution in [0.15, 0.2) is 71.6 Å². The Labute approximate surface area is 200 Å². The average Bonchev–Trinajstić information content (AvgIpc) is 2.77. The Bertz CT molecular complexity index is 1230. The van der Waals surface area contributed by atoms with Crippen LogP contribution in [-0.2, 0) is 21.2 Å². The van der Waals surface area contributed by atoms with Crippen LogP contribution in [-0.4, -0.2) is 27.0 Å². The summed E-state index contributed by atoms with van der Waals surface area (Å²) >= 11 is 6.18. The van der Waals surface area contributed by atoms with Crippen LogP contribution in [0.1, 0.15) is 23.6 Å². The SMILES string of the molecule is CCOc1ccc(S(=O)(=O)NC(Cc2ccccc2)C(=O)Nc2ccc(C)cc2C)cc1Cl. The van der Waals surface area contributed by atoms with Crippen molar-refractivity contribution < 1.29 is 17.9 Å². The third kappa shape index (κ3) is 6.57. The summed E-state index contributed by atoms with van der Waals surface area (Å²) in [4.78, 5) is 13.1. The normalized spacial score (nSPS) is 12.2. The second kappa shape index (κ2) is 10.8. The van der Waals surface area contributed by atoms with Gasteiger partial charge in [-0.3, -0.25) is 4.79 Å². The van der Waals surface area contributed by atoms with Gasteiger partial charge < -0.3 is 10.1 Å². The molecule has 3 aromatic carbocycles. The van der Waals surface area contributed by atoms with Gasteiger partial charge >= 0.3 is 0 Å². The van der Waals surface area contributed by atoms with Gasteiger partial charge in [-0.05, 0) is 62.6 Å². The molecule has 0 bridgehead atoms. The molecule has 1 unspecified atom stereocenters. The second-order valence-corrected chi connectivity index (χ2v) is 9.82. The van der Waals surface area contributed by atoms with E-state index in [1.165, 1.54) is 18.2 Å². The minimum absolute atomic E-state index is 0.0478. The summed E-state index contributed by atoms with van der Waals surface area (Å²) in [7, 11) is -4.04. The van der Waals surface area contributed by atoms with Gasteiger partial charge in [-0.2, -0.15) is 4.72 Å². The first kappa shape index (κ1) is 24.8. The van der Waals surface area contributed by atoms with Crippen molar-refractivity contribution in [2.24, 2.45) is 0 Å². The van der Waals surface area contributed by atoms with Crippen molar-refractivity contribution >= 4 is 33.2 Å². The van der Waals surface area contributed by atoms with Gasteiger partial charge in [-0.15, -0.1) is 0 Å². The Balaban J connectivity index is 1.88.